The summed E-state index contributed by atoms with van der Waals surface area (Å²) in [6.45, 7) is 6.42. The molecule has 22 heavy (non-hydrogen) atoms. The molecule has 0 aliphatic carbocycles. The number of amidine groups is 1. The molecule has 6 nitrogen and oxygen atoms in total. The van der Waals surface area contributed by atoms with Crippen molar-refractivity contribution >= 4 is 28.7 Å². The number of carbonyl (C=O) groups is 2. The molecule has 0 spiro atoms. The third kappa shape index (κ3) is 3.46. The number of carbonyl (C=O) groups excluding carboxylic acids is 2. The van der Waals surface area contributed by atoms with Gasteiger partial charge < -0.3 is 10.2 Å². The molecule has 0 aromatic rings. The zero-order chi connectivity index (χ0) is 15.5. The molecular formula is C15H24N4O2S. The minimum Gasteiger partial charge on any atom is -0.340 e. The lowest BCUT2D eigenvalue weighted by atomic mass is 10.1. The number of aliphatic imine (C=N–C) groups is 1. The van der Waals surface area contributed by atoms with Gasteiger partial charge in [0.2, 0.25) is 11.8 Å². The number of likely N-dealkylation sites (N-methyl/N-ethyl adjacent to an activating group) is 1. The van der Waals surface area contributed by atoms with E-state index in [0.717, 1.165) is 38.4 Å². The quantitative estimate of drug-likeness (QED) is 0.820. The molecule has 2 saturated heterocycles. The van der Waals surface area contributed by atoms with E-state index >= 15 is 0 Å². The first-order chi connectivity index (χ1) is 10.7. The normalized spacial score (nSPS) is 29.2. The Kier molecular flexibility index (Phi) is 5.03. The van der Waals surface area contributed by atoms with E-state index in [4.69, 9.17) is 0 Å². The predicted octanol–water partition coefficient (Wildman–Crippen LogP) is 0.538. The average Bonchev–Trinajstić information content (AvgIpc) is 3.22. The van der Waals surface area contributed by atoms with Crippen molar-refractivity contribution in [3.8, 4) is 0 Å². The van der Waals surface area contributed by atoms with Crippen LogP contribution in [0.3, 0.4) is 0 Å². The highest BCUT2D eigenvalue weighted by Gasteiger charge is 2.37. The molecule has 0 radical (unpaired) electrons. The SMILES string of the molecule is CCN1CCCC1CN1CC(C(=O)NC2=NCCS2)CC1=O. The Bertz CT molecular complexity index is 482. The third-order valence-corrected chi connectivity index (χ3v) is 5.63. The van der Waals surface area contributed by atoms with Crippen molar-refractivity contribution in [1.82, 2.24) is 15.1 Å². The fourth-order valence-corrected chi connectivity index (χ4v) is 4.25. The summed E-state index contributed by atoms with van der Waals surface area (Å²) in [5, 5.41) is 3.57. The van der Waals surface area contributed by atoms with Crippen LogP contribution in [-0.4, -0.2) is 71.3 Å². The van der Waals surface area contributed by atoms with Gasteiger partial charge in [-0.2, -0.15) is 0 Å². The van der Waals surface area contributed by atoms with E-state index < -0.39 is 0 Å². The van der Waals surface area contributed by atoms with E-state index in [9.17, 15) is 9.59 Å². The fraction of sp³-hybridized carbons (Fsp3) is 0.800. The monoisotopic (exact) mass is 324 g/mol. The van der Waals surface area contributed by atoms with Crippen LogP contribution in [-0.2, 0) is 9.59 Å². The minimum absolute atomic E-state index is 0.0530. The van der Waals surface area contributed by atoms with Crippen LogP contribution in [0.25, 0.3) is 0 Å². The highest BCUT2D eigenvalue weighted by atomic mass is 32.2. The van der Waals surface area contributed by atoms with Gasteiger partial charge in [0, 0.05) is 31.3 Å². The Balaban J connectivity index is 1.52. The maximum Gasteiger partial charge on any atom is 0.231 e. The van der Waals surface area contributed by atoms with Crippen LogP contribution < -0.4 is 5.32 Å². The van der Waals surface area contributed by atoms with E-state index in [2.05, 4.69) is 22.1 Å². The van der Waals surface area contributed by atoms with Crippen LogP contribution in [0.1, 0.15) is 26.2 Å². The van der Waals surface area contributed by atoms with E-state index in [-0.39, 0.29) is 17.7 Å². The van der Waals surface area contributed by atoms with Crippen molar-refractivity contribution in [2.45, 2.75) is 32.2 Å². The zero-order valence-corrected chi connectivity index (χ0v) is 13.9. The highest BCUT2D eigenvalue weighted by molar-refractivity contribution is 8.14. The zero-order valence-electron chi connectivity index (χ0n) is 13.1. The first-order valence-electron chi connectivity index (χ1n) is 8.17. The molecule has 2 atom stereocenters. The summed E-state index contributed by atoms with van der Waals surface area (Å²) in [6, 6.07) is 0.463. The molecule has 0 aromatic heterocycles. The number of hydrogen-bond donors (Lipinski definition) is 1. The second kappa shape index (κ2) is 7.00. The maximum absolute atomic E-state index is 12.3. The Labute approximate surface area is 135 Å². The summed E-state index contributed by atoms with van der Waals surface area (Å²) in [4.78, 5) is 33.0. The third-order valence-electron chi connectivity index (χ3n) is 4.74. The predicted molar refractivity (Wildman–Crippen MR) is 87.9 cm³/mol. The number of hydrogen-bond acceptors (Lipinski definition) is 5. The summed E-state index contributed by atoms with van der Waals surface area (Å²) >= 11 is 1.57. The second-order valence-electron chi connectivity index (χ2n) is 6.15. The molecule has 3 rings (SSSR count). The smallest absolute Gasteiger partial charge is 0.231 e. The van der Waals surface area contributed by atoms with Crippen LogP contribution in [0.2, 0.25) is 0 Å². The second-order valence-corrected chi connectivity index (χ2v) is 7.23. The van der Waals surface area contributed by atoms with Gasteiger partial charge >= 0.3 is 0 Å². The van der Waals surface area contributed by atoms with Crippen LogP contribution in [0, 0.1) is 5.92 Å². The van der Waals surface area contributed by atoms with Crippen molar-refractivity contribution in [2.24, 2.45) is 10.9 Å². The number of thioether (sulfide) groups is 1. The molecule has 3 aliphatic rings. The molecule has 1 N–H and O–H groups in total. The number of amides is 2. The van der Waals surface area contributed by atoms with Crippen LogP contribution in [0.5, 0.6) is 0 Å². The Morgan fingerprint density at radius 2 is 2.36 bits per heavy atom. The van der Waals surface area contributed by atoms with Crippen LogP contribution in [0.4, 0.5) is 0 Å². The number of nitrogens with zero attached hydrogens (tertiary/aromatic N) is 3. The van der Waals surface area contributed by atoms with E-state index in [0.29, 0.717) is 24.2 Å². The Morgan fingerprint density at radius 1 is 1.50 bits per heavy atom. The lowest BCUT2D eigenvalue weighted by Gasteiger charge is -2.27. The molecule has 2 amide bonds. The number of likely N-dealkylation sites (tertiary alicyclic amines) is 2. The summed E-state index contributed by atoms with van der Waals surface area (Å²) < 4.78 is 0. The summed E-state index contributed by atoms with van der Waals surface area (Å²) in [5.41, 5.74) is 0. The highest BCUT2D eigenvalue weighted by Crippen LogP contribution is 2.23. The molecule has 2 unspecified atom stereocenters. The molecule has 0 bridgehead atoms. The lowest BCUT2D eigenvalue weighted by Crippen LogP contribution is -2.41. The van der Waals surface area contributed by atoms with Crippen molar-refractivity contribution in [3.05, 3.63) is 0 Å². The number of nitrogens with one attached hydrogen (secondary N) is 1. The summed E-state index contributed by atoms with van der Waals surface area (Å²) in [6.07, 6.45) is 2.70. The first-order valence-corrected chi connectivity index (χ1v) is 9.16. The van der Waals surface area contributed by atoms with Crippen LogP contribution >= 0.6 is 11.8 Å². The molecule has 0 aromatic carbocycles. The molecule has 2 fully saturated rings. The standard InChI is InChI=1S/C15H24N4O2S/c1-2-18-6-3-4-12(18)10-19-9-11(8-13(19)20)14(21)17-15-16-5-7-22-15/h11-12H,2-10H2,1H3,(H,16,17,21). The van der Waals surface area contributed by atoms with Gasteiger partial charge in [0.15, 0.2) is 5.17 Å². The van der Waals surface area contributed by atoms with Gasteiger partial charge in [-0.1, -0.05) is 18.7 Å². The fourth-order valence-electron chi connectivity index (χ4n) is 3.52. The van der Waals surface area contributed by atoms with E-state index in [1.807, 2.05) is 4.90 Å². The molecule has 3 heterocycles. The molecule has 7 heteroatoms. The summed E-state index contributed by atoms with van der Waals surface area (Å²) in [5.74, 6) is 0.764. The minimum atomic E-state index is -0.229. The van der Waals surface area contributed by atoms with Gasteiger partial charge in [-0.15, -0.1) is 0 Å². The van der Waals surface area contributed by atoms with Crippen molar-refractivity contribution in [2.75, 3.05) is 38.5 Å². The molecule has 3 aliphatic heterocycles. The van der Waals surface area contributed by atoms with Gasteiger partial charge in [0.25, 0.3) is 0 Å². The topological polar surface area (TPSA) is 65.0 Å². The average molecular weight is 324 g/mol. The Morgan fingerprint density at radius 3 is 3.09 bits per heavy atom. The van der Waals surface area contributed by atoms with Gasteiger partial charge in [0.1, 0.15) is 0 Å². The lowest BCUT2D eigenvalue weighted by molar-refractivity contribution is -0.129. The van der Waals surface area contributed by atoms with Crippen molar-refractivity contribution < 1.29 is 9.59 Å². The first kappa shape index (κ1) is 15.8. The number of rotatable bonds is 4. The molecule has 122 valence electrons. The van der Waals surface area contributed by atoms with Crippen molar-refractivity contribution in [1.29, 1.82) is 0 Å². The van der Waals surface area contributed by atoms with Gasteiger partial charge in [0.05, 0.1) is 12.5 Å². The molecular weight excluding hydrogens is 300 g/mol. The van der Waals surface area contributed by atoms with E-state index in [1.54, 1.807) is 11.8 Å². The van der Waals surface area contributed by atoms with Gasteiger partial charge in [-0.25, -0.2) is 0 Å². The Hall–Kier alpha value is -1.08. The van der Waals surface area contributed by atoms with Gasteiger partial charge in [-0.3, -0.25) is 19.5 Å². The van der Waals surface area contributed by atoms with E-state index in [1.165, 1.54) is 6.42 Å². The largest absolute Gasteiger partial charge is 0.340 e. The van der Waals surface area contributed by atoms with Crippen LogP contribution in [0.15, 0.2) is 4.99 Å². The van der Waals surface area contributed by atoms with Gasteiger partial charge in [-0.05, 0) is 25.9 Å². The van der Waals surface area contributed by atoms with Crippen molar-refractivity contribution in [3.63, 3.8) is 0 Å². The molecule has 0 saturated carbocycles. The summed E-state index contributed by atoms with van der Waals surface area (Å²) in [7, 11) is 0. The maximum atomic E-state index is 12.3.